The number of ether oxygens (including phenoxy) is 1. The predicted octanol–water partition coefficient (Wildman–Crippen LogP) is 4.55. The van der Waals surface area contributed by atoms with Gasteiger partial charge in [-0.2, -0.15) is 0 Å². The Kier molecular flexibility index (Phi) is 4.02. The van der Waals surface area contributed by atoms with Crippen molar-refractivity contribution in [2.45, 2.75) is 13.8 Å². The third kappa shape index (κ3) is 2.78. The third-order valence-electron chi connectivity index (χ3n) is 4.04. The lowest BCUT2D eigenvalue weighted by Crippen LogP contribution is -2.05. The number of hydrogen-bond acceptors (Lipinski definition) is 2. The molecule has 0 atom stereocenters. The zero-order valence-corrected chi connectivity index (χ0v) is 13.5. The highest BCUT2D eigenvalue weighted by Crippen LogP contribution is 2.30. The van der Waals surface area contributed by atoms with E-state index in [4.69, 9.17) is 4.74 Å². The number of hydrogen-bond donors (Lipinski definition) is 0. The van der Waals surface area contributed by atoms with Crippen LogP contribution in [0.1, 0.15) is 21.6 Å². The van der Waals surface area contributed by atoms with E-state index in [1.165, 1.54) is 12.7 Å². The van der Waals surface area contributed by atoms with Gasteiger partial charge >= 0.3 is 5.97 Å². The Hall–Kier alpha value is -2.81. The molecule has 3 heteroatoms. The normalized spacial score (nSPS) is 10.6. The lowest BCUT2D eigenvalue weighted by atomic mass is 10.0. The van der Waals surface area contributed by atoms with Crippen molar-refractivity contribution in [3.05, 3.63) is 77.6 Å². The van der Waals surface area contributed by atoms with Gasteiger partial charge in [-0.25, -0.2) is 4.79 Å². The second-order valence-corrected chi connectivity index (χ2v) is 5.57. The monoisotopic (exact) mass is 305 g/mol. The van der Waals surface area contributed by atoms with Crippen molar-refractivity contribution in [3.63, 3.8) is 0 Å². The van der Waals surface area contributed by atoms with Crippen LogP contribution in [0.15, 0.2) is 60.8 Å². The summed E-state index contributed by atoms with van der Waals surface area (Å²) < 4.78 is 7.03. The fourth-order valence-electron chi connectivity index (χ4n) is 2.78. The summed E-state index contributed by atoms with van der Waals surface area (Å²) in [5.41, 5.74) is 5.60. The molecule has 0 amide bonds. The first-order valence-corrected chi connectivity index (χ1v) is 7.54. The number of carbonyl (C=O) groups is 1. The number of aryl methyl sites for hydroxylation is 1. The third-order valence-corrected chi connectivity index (χ3v) is 4.04. The lowest BCUT2D eigenvalue weighted by molar-refractivity contribution is 0.0601. The minimum absolute atomic E-state index is 0.313. The average molecular weight is 305 g/mol. The summed E-state index contributed by atoms with van der Waals surface area (Å²) in [5, 5.41) is 0. The number of nitrogens with zero attached hydrogens (tertiary/aromatic N) is 1. The van der Waals surface area contributed by atoms with E-state index >= 15 is 0 Å². The number of aromatic nitrogens is 1. The van der Waals surface area contributed by atoms with Crippen molar-refractivity contribution in [1.29, 1.82) is 0 Å². The SMILES string of the molecule is COC(=O)c1c(-c2ccccc2)cn(-c2ccc(C)cc2)c1C. The summed E-state index contributed by atoms with van der Waals surface area (Å²) in [6, 6.07) is 18.1. The Labute approximate surface area is 136 Å². The number of methoxy groups -OCH3 is 1. The first kappa shape index (κ1) is 15.1. The van der Waals surface area contributed by atoms with Gasteiger partial charge in [-0.05, 0) is 31.5 Å². The molecule has 0 aliphatic heterocycles. The van der Waals surface area contributed by atoms with Crippen LogP contribution < -0.4 is 0 Å². The summed E-state index contributed by atoms with van der Waals surface area (Å²) in [7, 11) is 1.42. The maximum absolute atomic E-state index is 12.3. The molecule has 116 valence electrons. The highest BCUT2D eigenvalue weighted by molar-refractivity contribution is 5.99. The molecule has 0 aliphatic rings. The van der Waals surface area contributed by atoms with Crippen molar-refractivity contribution in [2.75, 3.05) is 7.11 Å². The smallest absolute Gasteiger partial charge is 0.340 e. The molecule has 0 aliphatic carbocycles. The Morgan fingerprint density at radius 1 is 0.957 bits per heavy atom. The van der Waals surface area contributed by atoms with Crippen LogP contribution in [0, 0.1) is 13.8 Å². The lowest BCUT2D eigenvalue weighted by Gasteiger charge is -2.07. The molecule has 0 saturated carbocycles. The van der Waals surface area contributed by atoms with E-state index < -0.39 is 0 Å². The van der Waals surface area contributed by atoms with Gasteiger partial charge in [0.05, 0.1) is 12.7 Å². The molecular weight excluding hydrogens is 286 g/mol. The molecular formula is C20H19NO2. The summed E-state index contributed by atoms with van der Waals surface area (Å²) in [4.78, 5) is 12.3. The fraction of sp³-hybridized carbons (Fsp3) is 0.150. The van der Waals surface area contributed by atoms with E-state index in [0.29, 0.717) is 5.56 Å². The minimum Gasteiger partial charge on any atom is -0.465 e. The highest BCUT2D eigenvalue weighted by atomic mass is 16.5. The maximum atomic E-state index is 12.3. The van der Waals surface area contributed by atoms with E-state index in [1.54, 1.807) is 0 Å². The zero-order valence-electron chi connectivity index (χ0n) is 13.5. The molecule has 1 aromatic heterocycles. The molecule has 0 N–H and O–H groups in total. The van der Waals surface area contributed by atoms with Gasteiger partial charge in [-0.3, -0.25) is 0 Å². The molecule has 0 saturated heterocycles. The molecule has 0 spiro atoms. The van der Waals surface area contributed by atoms with Gasteiger partial charge in [0, 0.05) is 23.1 Å². The first-order valence-electron chi connectivity index (χ1n) is 7.54. The molecule has 0 unspecified atom stereocenters. The van der Waals surface area contributed by atoms with E-state index in [2.05, 4.69) is 31.2 Å². The Morgan fingerprint density at radius 2 is 1.61 bits per heavy atom. The zero-order chi connectivity index (χ0) is 16.4. The van der Waals surface area contributed by atoms with Gasteiger partial charge in [-0.15, -0.1) is 0 Å². The minimum atomic E-state index is -0.313. The Balaban J connectivity index is 2.22. The molecule has 3 rings (SSSR count). The molecule has 0 fully saturated rings. The van der Waals surface area contributed by atoms with E-state index in [9.17, 15) is 4.79 Å². The predicted molar refractivity (Wildman–Crippen MR) is 92.0 cm³/mol. The molecule has 23 heavy (non-hydrogen) atoms. The molecule has 0 radical (unpaired) electrons. The van der Waals surface area contributed by atoms with Crippen molar-refractivity contribution >= 4 is 5.97 Å². The van der Waals surface area contributed by atoms with E-state index in [1.807, 2.05) is 48.0 Å². The number of carbonyl (C=O) groups excluding carboxylic acids is 1. The van der Waals surface area contributed by atoms with Crippen LogP contribution in [0.25, 0.3) is 16.8 Å². The molecule has 3 nitrogen and oxygen atoms in total. The van der Waals surface area contributed by atoms with Gasteiger partial charge < -0.3 is 9.30 Å². The average Bonchev–Trinajstić information content (AvgIpc) is 2.93. The Morgan fingerprint density at radius 3 is 2.22 bits per heavy atom. The van der Waals surface area contributed by atoms with Crippen molar-refractivity contribution in [2.24, 2.45) is 0 Å². The van der Waals surface area contributed by atoms with Gasteiger partial charge in [0.25, 0.3) is 0 Å². The summed E-state index contributed by atoms with van der Waals surface area (Å²) in [6.45, 7) is 4.00. The summed E-state index contributed by atoms with van der Waals surface area (Å²) in [5.74, 6) is -0.313. The highest BCUT2D eigenvalue weighted by Gasteiger charge is 2.21. The fourth-order valence-corrected chi connectivity index (χ4v) is 2.78. The van der Waals surface area contributed by atoms with E-state index in [0.717, 1.165) is 22.5 Å². The van der Waals surface area contributed by atoms with Crippen molar-refractivity contribution in [3.8, 4) is 16.8 Å². The molecule has 2 aromatic carbocycles. The van der Waals surface area contributed by atoms with Crippen LogP contribution >= 0.6 is 0 Å². The topological polar surface area (TPSA) is 31.2 Å². The summed E-state index contributed by atoms with van der Waals surface area (Å²) in [6.07, 6.45) is 2.00. The van der Waals surface area contributed by atoms with Crippen LogP contribution in [0.4, 0.5) is 0 Å². The first-order chi connectivity index (χ1) is 11.1. The van der Waals surface area contributed by atoms with Crippen LogP contribution in [0.2, 0.25) is 0 Å². The standard InChI is InChI=1S/C20H19NO2/c1-14-9-11-17(12-10-14)21-13-18(16-7-5-4-6-8-16)19(15(21)2)20(22)23-3/h4-13H,1-3H3. The number of benzene rings is 2. The van der Waals surface area contributed by atoms with Crippen LogP contribution in [-0.4, -0.2) is 17.6 Å². The van der Waals surface area contributed by atoms with Crippen molar-refractivity contribution < 1.29 is 9.53 Å². The molecule has 0 bridgehead atoms. The molecule has 3 aromatic rings. The van der Waals surface area contributed by atoms with Gasteiger partial charge in [0.15, 0.2) is 0 Å². The van der Waals surface area contributed by atoms with Crippen molar-refractivity contribution in [1.82, 2.24) is 4.57 Å². The van der Waals surface area contributed by atoms with Crippen LogP contribution in [0.5, 0.6) is 0 Å². The maximum Gasteiger partial charge on any atom is 0.340 e. The number of esters is 1. The van der Waals surface area contributed by atoms with E-state index in [-0.39, 0.29) is 5.97 Å². The largest absolute Gasteiger partial charge is 0.465 e. The van der Waals surface area contributed by atoms with Gasteiger partial charge in [-0.1, -0.05) is 48.0 Å². The van der Waals surface area contributed by atoms with Crippen LogP contribution in [0.3, 0.4) is 0 Å². The quantitative estimate of drug-likeness (QED) is 0.665. The van der Waals surface area contributed by atoms with Gasteiger partial charge in [0.2, 0.25) is 0 Å². The summed E-state index contributed by atoms with van der Waals surface area (Å²) >= 11 is 0. The van der Waals surface area contributed by atoms with Gasteiger partial charge in [0.1, 0.15) is 0 Å². The number of rotatable bonds is 3. The van der Waals surface area contributed by atoms with Crippen LogP contribution in [-0.2, 0) is 4.74 Å². The molecule has 1 heterocycles. The second kappa shape index (κ2) is 6.13. The second-order valence-electron chi connectivity index (χ2n) is 5.57. The Bertz CT molecular complexity index is 830.